The summed E-state index contributed by atoms with van der Waals surface area (Å²) in [6, 6.07) is 9.38. The van der Waals surface area contributed by atoms with Crippen molar-refractivity contribution in [3.8, 4) is 17.2 Å². The van der Waals surface area contributed by atoms with E-state index in [9.17, 15) is 9.59 Å². The van der Waals surface area contributed by atoms with Gasteiger partial charge in [-0.05, 0) is 52.9 Å². The summed E-state index contributed by atoms with van der Waals surface area (Å²) in [6.07, 6.45) is 6.05. The molecule has 8 heteroatoms. The molecule has 1 atom stereocenters. The number of carbonyl (C=O) groups is 2. The Kier molecular flexibility index (Phi) is 9.20. The second kappa shape index (κ2) is 12.1. The summed E-state index contributed by atoms with van der Waals surface area (Å²) in [6.45, 7) is 5.64. The summed E-state index contributed by atoms with van der Waals surface area (Å²) in [4.78, 5) is 35.8. The minimum atomic E-state index is -0.702. The van der Waals surface area contributed by atoms with Crippen molar-refractivity contribution in [3.63, 3.8) is 0 Å². The van der Waals surface area contributed by atoms with E-state index in [0.717, 1.165) is 30.2 Å². The highest BCUT2D eigenvalue weighted by Gasteiger charge is 2.33. The predicted molar refractivity (Wildman–Crippen MR) is 141 cm³/mol. The van der Waals surface area contributed by atoms with Crippen LogP contribution in [-0.2, 0) is 9.59 Å². The fraction of sp³-hybridized carbons (Fsp3) is 0.500. The predicted octanol–water partition coefficient (Wildman–Crippen LogP) is 5.33. The van der Waals surface area contributed by atoms with Crippen molar-refractivity contribution in [3.05, 3.63) is 42.4 Å². The lowest BCUT2D eigenvalue weighted by molar-refractivity contribution is -0.131. The molecule has 0 spiro atoms. The number of methoxy groups -OCH3 is 1. The highest BCUT2D eigenvalue weighted by molar-refractivity contribution is 5.86. The average molecular weight is 495 g/mol. The number of carbonyl (C=O) groups excluding carboxylic acids is 2. The van der Waals surface area contributed by atoms with E-state index in [1.165, 1.54) is 0 Å². The van der Waals surface area contributed by atoms with Crippen molar-refractivity contribution in [1.29, 1.82) is 0 Å². The van der Waals surface area contributed by atoms with Crippen molar-refractivity contribution >= 4 is 22.6 Å². The highest BCUT2D eigenvalue weighted by atomic mass is 16.5. The van der Waals surface area contributed by atoms with Crippen molar-refractivity contribution < 1.29 is 18.7 Å². The Morgan fingerprint density at radius 2 is 1.92 bits per heavy atom. The van der Waals surface area contributed by atoms with Gasteiger partial charge >= 0.3 is 0 Å². The van der Waals surface area contributed by atoms with Gasteiger partial charge in [-0.15, -0.1) is 0 Å². The van der Waals surface area contributed by atoms with Crippen LogP contribution >= 0.6 is 0 Å². The first-order valence-electron chi connectivity index (χ1n) is 12.6. The molecule has 1 aromatic carbocycles. The van der Waals surface area contributed by atoms with Gasteiger partial charge in [0, 0.05) is 18.2 Å². The number of fused-ring (bicyclic) bond motifs is 1. The molecule has 0 radical (unpaired) electrons. The largest absolute Gasteiger partial charge is 0.480 e. The van der Waals surface area contributed by atoms with Gasteiger partial charge in [-0.25, -0.2) is 9.97 Å². The van der Waals surface area contributed by atoms with Gasteiger partial charge in [-0.2, -0.15) is 0 Å². The lowest BCUT2D eigenvalue weighted by atomic mass is 10.0. The average Bonchev–Trinajstić information content (AvgIpc) is 3.36. The number of pyridine rings is 1. The Morgan fingerprint density at radius 1 is 1.17 bits per heavy atom. The summed E-state index contributed by atoms with van der Waals surface area (Å²) in [7, 11) is 5.33. The monoisotopic (exact) mass is 494 g/mol. The van der Waals surface area contributed by atoms with E-state index < -0.39 is 11.6 Å². The summed E-state index contributed by atoms with van der Waals surface area (Å²) >= 11 is 0. The lowest BCUT2D eigenvalue weighted by Crippen LogP contribution is -2.52. The fourth-order valence-electron chi connectivity index (χ4n) is 3.82. The van der Waals surface area contributed by atoms with Gasteiger partial charge in [0.15, 0.2) is 5.76 Å². The van der Waals surface area contributed by atoms with Crippen LogP contribution in [0.3, 0.4) is 0 Å². The Balaban J connectivity index is 1.84. The highest BCUT2D eigenvalue weighted by Crippen LogP contribution is 2.34. The Labute approximate surface area is 213 Å². The van der Waals surface area contributed by atoms with Crippen molar-refractivity contribution in [2.45, 2.75) is 70.9 Å². The number of para-hydroxylation sites is 1. The lowest BCUT2D eigenvalue weighted by Gasteiger charge is -2.32. The van der Waals surface area contributed by atoms with E-state index in [1.54, 1.807) is 13.3 Å². The minimum absolute atomic E-state index is 0.108. The van der Waals surface area contributed by atoms with Crippen molar-refractivity contribution in [1.82, 2.24) is 20.2 Å². The molecule has 1 N–H and O–H groups in total. The molecule has 0 aliphatic rings. The normalized spacial score (nSPS) is 12.6. The summed E-state index contributed by atoms with van der Waals surface area (Å²) in [5.74, 6) is 1.59. The van der Waals surface area contributed by atoms with E-state index >= 15 is 0 Å². The molecule has 194 valence electrons. The first kappa shape index (κ1) is 27.3. The quantitative estimate of drug-likeness (QED) is 0.321. The summed E-state index contributed by atoms with van der Waals surface area (Å²) in [5.41, 5.74) is 0.828. The third kappa shape index (κ3) is 6.49. The smallest absolute Gasteiger partial charge is 0.240 e. The number of nitrogens with one attached hydrogen (secondary N) is 1. The Morgan fingerprint density at radius 3 is 2.61 bits per heavy atom. The number of ketones is 1. The third-order valence-corrected chi connectivity index (χ3v) is 6.79. The zero-order chi connectivity index (χ0) is 26.3. The number of hydrogen-bond acceptors (Lipinski definition) is 7. The van der Waals surface area contributed by atoms with Crippen LogP contribution in [0.1, 0.15) is 71.2 Å². The summed E-state index contributed by atoms with van der Waals surface area (Å²) < 4.78 is 11.7. The maximum Gasteiger partial charge on any atom is 0.240 e. The van der Waals surface area contributed by atoms with Crippen LogP contribution in [0, 0.1) is 0 Å². The van der Waals surface area contributed by atoms with Gasteiger partial charge in [-0.1, -0.05) is 38.0 Å². The molecule has 0 fully saturated rings. The van der Waals surface area contributed by atoms with Gasteiger partial charge in [0.25, 0.3) is 0 Å². The first-order valence-corrected chi connectivity index (χ1v) is 12.6. The molecule has 8 nitrogen and oxygen atoms in total. The minimum Gasteiger partial charge on any atom is -0.480 e. The maximum absolute atomic E-state index is 13.1. The zero-order valence-corrected chi connectivity index (χ0v) is 22.3. The SMILES string of the molecule is CCC(=O)CCCCCC(NC(=O)C(C)(C)N(C)C)c1ncc(-c2cc3ccccc3nc2OC)o1. The number of hydrogen-bond donors (Lipinski definition) is 1. The summed E-state index contributed by atoms with van der Waals surface area (Å²) in [5, 5.41) is 4.10. The number of oxazole rings is 1. The van der Waals surface area contributed by atoms with Crippen LogP contribution in [0.25, 0.3) is 22.2 Å². The number of amides is 1. The standard InChI is InChI=1S/C28H38N4O4/c1-7-20(33)14-9-8-10-16-23(31-27(34)28(2,3)32(4)5)26-29-18-24(36-26)21-17-19-13-11-12-15-22(19)30-25(21)35-6/h11-13,15,17-18,23H,7-10,14,16H2,1-6H3,(H,31,34). The van der Waals surface area contributed by atoms with Gasteiger partial charge < -0.3 is 14.5 Å². The van der Waals surface area contributed by atoms with Crippen LogP contribution < -0.4 is 10.1 Å². The van der Waals surface area contributed by atoms with Crippen LogP contribution in [0.5, 0.6) is 5.88 Å². The van der Waals surface area contributed by atoms with Gasteiger partial charge in [0.1, 0.15) is 11.8 Å². The number of rotatable bonds is 13. The first-order chi connectivity index (χ1) is 17.2. The molecule has 2 heterocycles. The number of unbranched alkanes of at least 4 members (excludes halogenated alkanes) is 2. The molecule has 1 unspecified atom stereocenters. The maximum atomic E-state index is 13.1. The Hall–Kier alpha value is -3.26. The molecule has 2 aromatic heterocycles. The number of likely N-dealkylation sites (N-methyl/N-ethyl adjacent to an activating group) is 1. The zero-order valence-electron chi connectivity index (χ0n) is 22.3. The van der Waals surface area contributed by atoms with E-state index in [-0.39, 0.29) is 11.7 Å². The molecule has 0 bridgehead atoms. The number of nitrogens with zero attached hydrogens (tertiary/aromatic N) is 3. The van der Waals surface area contributed by atoms with E-state index in [1.807, 2.05) is 70.1 Å². The molecule has 0 aliphatic heterocycles. The molecule has 3 rings (SSSR count). The van der Waals surface area contributed by atoms with E-state index in [0.29, 0.717) is 42.4 Å². The number of ether oxygens (including phenoxy) is 1. The Bertz CT molecular complexity index is 1190. The van der Waals surface area contributed by atoms with E-state index in [2.05, 4.69) is 15.3 Å². The number of benzene rings is 1. The topological polar surface area (TPSA) is 97.6 Å². The van der Waals surface area contributed by atoms with Crippen LogP contribution in [0.4, 0.5) is 0 Å². The van der Waals surface area contributed by atoms with Crippen molar-refractivity contribution in [2.24, 2.45) is 0 Å². The van der Waals surface area contributed by atoms with Gasteiger partial charge in [-0.3, -0.25) is 14.5 Å². The third-order valence-electron chi connectivity index (χ3n) is 6.79. The molecule has 36 heavy (non-hydrogen) atoms. The molecule has 0 aliphatic carbocycles. The van der Waals surface area contributed by atoms with Gasteiger partial charge in [0.05, 0.1) is 29.9 Å². The van der Waals surface area contributed by atoms with Crippen LogP contribution in [0.2, 0.25) is 0 Å². The van der Waals surface area contributed by atoms with Crippen LogP contribution in [-0.4, -0.2) is 53.3 Å². The molecular weight excluding hydrogens is 456 g/mol. The van der Waals surface area contributed by atoms with Gasteiger partial charge in [0.2, 0.25) is 17.7 Å². The molecule has 3 aromatic rings. The van der Waals surface area contributed by atoms with E-state index in [4.69, 9.17) is 9.15 Å². The molecule has 0 saturated carbocycles. The van der Waals surface area contributed by atoms with Crippen LogP contribution in [0.15, 0.2) is 40.9 Å². The second-order valence-corrected chi connectivity index (χ2v) is 9.77. The number of aromatic nitrogens is 2. The van der Waals surface area contributed by atoms with Crippen molar-refractivity contribution in [2.75, 3.05) is 21.2 Å². The molecule has 0 saturated heterocycles. The second-order valence-electron chi connectivity index (χ2n) is 9.77. The fourth-order valence-corrected chi connectivity index (χ4v) is 3.82. The molecular formula is C28H38N4O4. The molecule has 1 amide bonds. The number of Topliss-reactive ketones (excluding diaryl/α,β-unsaturated/α-hetero) is 1.